The lowest BCUT2D eigenvalue weighted by Crippen LogP contribution is -2.54. The molecule has 1 saturated heterocycles. The lowest BCUT2D eigenvalue weighted by Gasteiger charge is -2.43. The summed E-state index contributed by atoms with van der Waals surface area (Å²) in [5.74, 6) is -0.260. The number of carboxylic acid groups (broad SMARTS) is 1. The van der Waals surface area contributed by atoms with E-state index in [4.69, 9.17) is 0 Å². The molecule has 2 aliphatic rings. The van der Waals surface area contributed by atoms with E-state index in [1.165, 1.54) is 22.9 Å². The molecule has 1 aromatic rings. The number of amides is 1. The number of carboxylic acids is 1. The zero-order valence-electron chi connectivity index (χ0n) is 10.9. The molecule has 0 radical (unpaired) electrons. The first-order chi connectivity index (χ1) is 10.1. The molecule has 0 bridgehead atoms. The van der Waals surface area contributed by atoms with Crippen molar-refractivity contribution in [3.63, 3.8) is 0 Å². The van der Waals surface area contributed by atoms with Crippen LogP contribution in [0, 0.1) is 5.21 Å². The summed E-state index contributed by atoms with van der Waals surface area (Å²) in [5.41, 5.74) is 0.779. The number of rotatable bonds is 4. The number of nitrogens with zero attached hydrogens (tertiary/aromatic N) is 2. The van der Waals surface area contributed by atoms with Crippen molar-refractivity contribution in [2.24, 2.45) is 0 Å². The van der Waals surface area contributed by atoms with Gasteiger partial charge in [0, 0.05) is 23.6 Å². The van der Waals surface area contributed by atoms with Gasteiger partial charge >= 0.3 is 5.97 Å². The fourth-order valence-electron chi connectivity index (χ4n) is 2.27. The first-order valence-electron chi connectivity index (χ1n) is 6.28. The Bertz CT molecular complexity index is 647. The van der Waals surface area contributed by atoms with Gasteiger partial charge in [0.2, 0.25) is 5.91 Å². The molecule has 1 atom stereocenters. The molecule has 0 spiro atoms. The standard InChI is InChI=1S/C13H12N2O4S2/c16-9-5-11-15(9)12(13(17)18)8(7-21-11)6-20-10-3-1-2-4-14(10)19/h1-4,11H,5-7H2,(H,17,18). The molecule has 0 saturated carbocycles. The van der Waals surface area contributed by atoms with Gasteiger partial charge in [-0.25, -0.2) is 4.79 Å². The van der Waals surface area contributed by atoms with Gasteiger partial charge in [-0.05, 0) is 11.6 Å². The molecule has 1 amide bonds. The molecule has 0 aromatic carbocycles. The maximum atomic E-state index is 11.6. The molecule has 21 heavy (non-hydrogen) atoms. The molecule has 1 fully saturated rings. The molecule has 1 aromatic heterocycles. The van der Waals surface area contributed by atoms with Crippen molar-refractivity contribution in [2.75, 3.05) is 11.5 Å². The fourth-order valence-corrected chi connectivity index (χ4v) is 4.59. The van der Waals surface area contributed by atoms with Gasteiger partial charge in [0.1, 0.15) is 5.70 Å². The van der Waals surface area contributed by atoms with Gasteiger partial charge in [0.25, 0.3) is 5.03 Å². The van der Waals surface area contributed by atoms with E-state index in [1.54, 1.807) is 30.0 Å². The summed E-state index contributed by atoms with van der Waals surface area (Å²) in [6, 6.07) is 5.08. The Labute approximate surface area is 129 Å². The number of carbonyl (C=O) groups excluding carboxylic acids is 1. The Morgan fingerprint density at radius 3 is 3.05 bits per heavy atom. The lowest BCUT2D eigenvalue weighted by atomic mass is 10.1. The average Bonchev–Trinajstić information content (AvgIpc) is 2.45. The molecule has 0 aliphatic carbocycles. The molecule has 3 rings (SSSR count). The normalized spacial score (nSPS) is 21.0. The maximum absolute atomic E-state index is 11.6. The van der Waals surface area contributed by atoms with Crippen molar-refractivity contribution < 1.29 is 19.4 Å². The molecule has 6 nitrogen and oxygen atoms in total. The largest absolute Gasteiger partial charge is 0.618 e. The van der Waals surface area contributed by atoms with Crippen molar-refractivity contribution in [2.45, 2.75) is 16.8 Å². The highest BCUT2D eigenvalue weighted by atomic mass is 32.2. The van der Waals surface area contributed by atoms with Crippen molar-refractivity contribution >= 4 is 35.4 Å². The monoisotopic (exact) mass is 324 g/mol. The molecule has 1 unspecified atom stereocenters. The summed E-state index contributed by atoms with van der Waals surface area (Å²) in [5, 5.41) is 21.4. The third-order valence-corrected chi connectivity index (χ3v) is 5.70. The summed E-state index contributed by atoms with van der Waals surface area (Å²) >= 11 is 2.85. The van der Waals surface area contributed by atoms with Crippen molar-refractivity contribution in [1.82, 2.24) is 4.90 Å². The van der Waals surface area contributed by atoms with E-state index in [-0.39, 0.29) is 17.0 Å². The molecular weight excluding hydrogens is 312 g/mol. The molecule has 1 N–H and O–H groups in total. The first kappa shape index (κ1) is 14.3. The molecule has 2 aliphatic heterocycles. The molecule has 3 heterocycles. The Kier molecular flexibility index (Phi) is 3.81. The van der Waals surface area contributed by atoms with Crippen LogP contribution in [0.15, 0.2) is 40.7 Å². The van der Waals surface area contributed by atoms with Gasteiger partial charge in [-0.3, -0.25) is 9.69 Å². The summed E-state index contributed by atoms with van der Waals surface area (Å²) in [6.45, 7) is 0. The van der Waals surface area contributed by atoms with Crippen molar-refractivity contribution in [3.05, 3.63) is 40.9 Å². The Morgan fingerprint density at radius 2 is 2.38 bits per heavy atom. The SMILES string of the molecule is O=C(O)C1=C(CSc2cccc[n+]2[O-])CSC2CC(=O)N12. The van der Waals surface area contributed by atoms with Gasteiger partial charge in [0.05, 0.1) is 11.8 Å². The fraction of sp³-hybridized carbons (Fsp3) is 0.308. The molecule has 8 heteroatoms. The van der Waals surface area contributed by atoms with Crippen LogP contribution in [0.25, 0.3) is 0 Å². The lowest BCUT2D eigenvalue weighted by molar-refractivity contribution is -0.645. The number of thioether (sulfide) groups is 2. The molecular formula is C13H12N2O4S2. The van der Waals surface area contributed by atoms with Crippen LogP contribution in [0.4, 0.5) is 0 Å². The minimum atomic E-state index is -1.08. The van der Waals surface area contributed by atoms with Crippen LogP contribution in [0.2, 0.25) is 0 Å². The highest BCUT2D eigenvalue weighted by Crippen LogP contribution is 2.40. The number of fused-ring (bicyclic) bond motifs is 1. The van der Waals surface area contributed by atoms with Crippen molar-refractivity contribution in [3.8, 4) is 0 Å². The van der Waals surface area contributed by atoms with Gasteiger partial charge in [-0.2, -0.15) is 4.73 Å². The van der Waals surface area contributed by atoms with E-state index >= 15 is 0 Å². The van der Waals surface area contributed by atoms with Gasteiger partial charge in [-0.1, -0.05) is 11.8 Å². The number of carbonyl (C=O) groups is 2. The highest BCUT2D eigenvalue weighted by molar-refractivity contribution is 8.00. The van der Waals surface area contributed by atoms with E-state index in [2.05, 4.69) is 0 Å². The zero-order valence-corrected chi connectivity index (χ0v) is 12.5. The van der Waals surface area contributed by atoms with Crippen LogP contribution >= 0.6 is 23.5 Å². The Hall–Kier alpha value is -1.67. The van der Waals surface area contributed by atoms with E-state index in [0.717, 1.165) is 4.73 Å². The third kappa shape index (κ3) is 2.60. The second-order valence-corrected chi connectivity index (χ2v) is 6.81. The number of hydrogen-bond donors (Lipinski definition) is 1. The van der Waals surface area contributed by atoms with Crippen LogP contribution in [0.5, 0.6) is 0 Å². The second kappa shape index (κ2) is 5.61. The van der Waals surface area contributed by atoms with Crippen LogP contribution in [0.1, 0.15) is 6.42 Å². The summed E-state index contributed by atoms with van der Waals surface area (Å²) in [4.78, 5) is 24.4. The maximum Gasteiger partial charge on any atom is 0.352 e. The van der Waals surface area contributed by atoms with Crippen LogP contribution in [-0.2, 0) is 9.59 Å². The predicted octanol–water partition coefficient (Wildman–Crippen LogP) is 1.06. The van der Waals surface area contributed by atoms with Gasteiger partial charge < -0.3 is 10.3 Å². The summed E-state index contributed by atoms with van der Waals surface area (Å²) < 4.78 is 0.749. The Balaban J connectivity index is 1.82. The first-order valence-corrected chi connectivity index (χ1v) is 8.31. The minimum absolute atomic E-state index is 0.0430. The highest BCUT2D eigenvalue weighted by Gasteiger charge is 2.45. The van der Waals surface area contributed by atoms with Crippen LogP contribution < -0.4 is 4.73 Å². The topological polar surface area (TPSA) is 84.5 Å². The minimum Gasteiger partial charge on any atom is -0.618 e. The summed E-state index contributed by atoms with van der Waals surface area (Å²) in [7, 11) is 0. The van der Waals surface area contributed by atoms with Crippen molar-refractivity contribution in [1.29, 1.82) is 0 Å². The van der Waals surface area contributed by atoms with E-state index < -0.39 is 5.97 Å². The number of β-lactam (4-membered cyclic amide) rings is 1. The second-order valence-electron chi connectivity index (χ2n) is 4.64. The van der Waals surface area contributed by atoms with E-state index in [9.17, 15) is 19.9 Å². The summed E-state index contributed by atoms with van der Waals surface area (Å²) in [6.07, 6.45) is 1.81. The number of pyridine rings is 1. The quantitative estimate of drug-likeness (QED) is 0.386. The number of aromatic nitrogens is 1. The predicted molar refractivity (Wildman–Crippen MR) is 78.5 cm³/mol. The van der Waals surface area contributed by atoms with Crippen LogP contribution in [-0.4, -0.2) is 38.8 Å². The third-order valence-electron chi connectivity index (χ3n) is 3.32. The average molecular weight is 324 g/mol. The zero-order chi connectivity index (χ0) is 15.0. The van der Waals surface area contributed by atoms with Gasteiger partial charge in [0.15, 0.2) is 6.20 Å². The number of hydrogen-bond acceptors (Lipinski definition) is 5. The van der Waals surface area contributed by atoms with Gasteiger partial charge in [-0.15, -0.1) is 11.8 Å². The van der Waals surface area contributed by atoms with E-state index in [0.29, 0.717) is 28.5 Å². The van der Waals surface area contributed by atoms with Crippen LogP contribution in [0.3, 0.4) is 0 Å². The Morgan fingerprint density at radius 1 is 1.57 bits per heavy atom. The van der Waals surface area contributed by atoms with E-state index in [1.807, 2.05) is 0 Å². The molecule has 110 valence electrons. The number of aliphatic carboxylic acids is 1. The smallest absolute Gasteiger partial charge is 0.352 e.